The van der Waals surface area contributed by atoms with Gasteiger partial charge >= 0.3 is 0 Å². The third-order valence-electron chi connectivity index (χ3n) is 3.66. The van der Waals surface area contributed by atoms with E-state index in [2.05, 4.69) is 22.0 Å². The minimum atomic E-state index is 0. The number of thiophene rings is 1. The van der Waals surface area contributed by atoms with Gasteiger partial charge < -0.3 is 10.3 Å². The van der Waals surface area contributed by atoms with E-state index in [4.69, 9.17) is 10.3 Å². The minimum Gasteiger partial charge on any atom is -0.338 e. The zero-order chi connectivity index (χ0) is 13.2. The highest BCUT2D eigenvalue weighted by Crippen LogP contribution is 2.22. The van der Waals surface area contributed by atoms with Gasteiger partial charge in [0.05, 0.1) is 6.54 Å². The lowest BCUT2D eigenvalue weighted by Crippen LogP contribution is -2.29. The van der Waals surface area contributed by atoms with Crippen LogP contribution in [0.2, 0.25) is 0 Å². The van der Waals surface area contributed by atoms with Crippen molar-refractivity contribution < 1.29 is 4.52 Å². The van der Waals surface area contributed by atoms with Gasteiger partial charge in [0.25, 0.3) is 0 Å². The van der Waals surface area contributed by atoms with Gasteiger partial charge in [0, 0.05) is 23.5 Å². The Morgan fingerprint density at radius 3 is 3.10 bits per heavy atom. The first kappa shape index (κ1) is 15.4. The van der Waals surface area contributed by atoms with Gasteiger partial charge in [-0.1, -0.05) is 5.16 Å². The number of nitrogens with two attached hydrogens (primary N) is 1. The van der Waals surface area contributed by atoms with E-state index in [1.807, 2.05) is 16.8 Å². The zero-order valence-electron chi connectivity index (χ0n) is 11.4. The first-order chi connectivity index (χ1) is 9.22. The second kappa shape index (κ2) is 6.67. The fourth-order valence-electron chi connectivity index (χ4n) is 2.45. The second-order valence-electron chi connectivity index (χ2n) is 5.17. The van der Waals surface area contributed by atoms with E-state index >= 15 is 0 Å². The molecular weight excluding hydrogens is 296 g/mol. The van der Waals surface area contributed by atoms with Crippen LogP contribution >= 0.6 is 23.7 Å². The zero-order valence-corrected chi connectivity index (χ0v) is 13.0. The van der Waals surface area contributed by atoms with Crippen LogP contribution in [0.15, 0.2) is 21.3 Å². The normalized spacial score (nSPS) is 20.8. The van der Waals surface area contributed by atoms with Crippen LogP contribution in [0.5, 0.6) is 0 Å². The summed E-state index contributed by atoms with van der Waals surface area (Å²) < 4.78 is 5.32. The molecule has 0 aromatic carbocycles. The van der Waals surface area contributed by atoms with Gasteiger partial charge in [-0.2, -0.15) is 16.3 Å². The molecular formula is C13H19ClN4OS. The fraction of sp³-hybridized carbons (Fsp3) is 0.538. The predicted octanol–water partition coefficient (Wildman–Crippen LogP) is 2.39. The van der Waals surface area contributed by atoms with Gasteiger partial charge in [0.1, 0.15) is 0 Å². The number of likely N-dealkylation sites (tertiary alicyclic amines) is 1. The molecule has 0 bridgehead atoms. The third kappa shape index (κ3) is 3.38. The summed E-state index contributed by atoms with van der Waals surface area (Å²) in [6.45, 7) is 4.88. The molecule has 7 heteroatoms. The summed E-state index contributed by atoms with van der Waals surface area (Å²) in [5.41, 5.74) is 6.97. The molecule has 0 spiro atoms. The van der Waals surface area contributed by atoms with E-state index in [9.17, 15) is 0 Å². The molecule has 0 aliphatic carbocycles. The Bertz CT molecular complexity index is 528. The van der Waals surface area contributed by atoms with Crippen LogP contribution in [0.3, 0.4) is 0 Å². The van der Waals surface area contributed by atoms with Crippen LogP contribution in [-0.4, -0.2) is 34.2 Å². The van der Waals surface area contributed by atoms with Crippen molar-refractivity contribution in [3.8, 4) is 11.4 Å². The quantitative estimate of drug-likeness (QED) is 0.938. The van der Waals surface area contributed by atoms with Crippen LogP contribution < -0.4 is 5.73 Å². The molecule has 2 N–H and O–H groups in total. The molecule has 1 saturated heterocycles. The summed E-state index contributed by atoms with van der Waals surface area (Å²) in [5, 5.41) is 8.06. The largest absolute Gasteiger partial charge is 0.338 e. The van der Waals surface area contributed by atoms with Gasteiger partial charge in [-0.05, 0) is 37.3 Å². The maximum Gasteiger partial charge on any atom is 0.241 e. The Morgan fingerprint density at radius 1 is 1.60 bits per heavy atom. The molecule has 3 heterocycles. The van der Waals surface area contributed by atoms with E-state index in [1.54, 1.807) is 11.3 Å². The Hall–Kier alpha value is -0.950. The summed E-state index contributed by atoms with van der Waals surface area (Å²) in [5.74, 6) is 1.95. The van der Waals surface area contributed by atoms with Gasteiger partial charge in [-0.3, -0.25) is 4.90 Å². The monoisotopic (exact) mass is 314 g/mol. The Morgan fingerprint density at radius 2 is 2.45 bits per heavy atom. The van der Waals surface area contributed by atoms with E-state index in [0.717, 1.165) is 31.6 Å². The molecule has 2 atom stereocenters. The van der Waals surface area contributed by atoms with Crippen LogP contribution in [0.25, 0.3) is 11.4 Å². The maximum atomic E-state index is 5.94. The number of aromatic nitrogens is 2. The van der Waals surface area contributed by atoms with Crippen LogP contribution in [0.1, 0.15) is 19.2 Å². The van der Waals surface area contributed by atoms with Crippen molar-refractivity contribution in [3.05, 3.63) is 22.7 Å². The smallest absolute Gasteiger partial charge is 0.241 e. The molecule has 0 radical (unpaired) electrons. The Labute approximate surface area is 128 Å². The van der Waals surface area contributed by atoms with Crippen molar-refractivity contribution in [2.24, 2.45) is 11.7 Å². The SMILES string of the molecule is CC(N)C1CCN(Cc2nc(-c3ccsc3)no2)C1.Cl. The number of halogens is 1. The lowest BCUT2D eigenvalue weighted by Gasteiger charge is -2.15. The number of hydrogen-bond donors (Lipinski definition) is 1. The number of rotatable bonds is 4. The predicted molar refractivity (Wildman–Crippen MR) is 81.9 cm³/mol. The molecule has 2 unspecified atom stereocenters. The number of hydrogen-bond acceptors (Lipinski definition) is 6. The van der Waals surface area contributed by atoms with Crippen LogP contribution in [0, 0.1) is 5.92 Å². The van der Waals surface area contributed by atoms with Crippen LogP contribution in [-0.2, 0) is 6.54 Å². The van der Waals surface area contributed by atoms with Crippen LogP contribution in [0.4, 0.5) is 0 Å². The molecule has 0 amide bonds. The summed E-state index contributed by atoms with van der Waals surface area (Å²) in [7, 11) is 0. The molecule has 20 heavy (non-hydrogen) atoms. The summed E-state index contributed by atoms with van der Waals surface area (Å²) in [6, 6.07) is 2.26. The molecule has 5 nitrogen and oxygen atoms in total. The maximum absolute atomic E-state index is 5.94. The average Bonchev–Trinajstić information content (AvgIpc) is 3.09. The topological polar surface area (TPSA) is 68.2 Å². The number of nitrogens with zero attached hydrogens (tertiary/aromatic N) is 3. The standard InChI is InChI=1S/C13H18N4OS.ClH/c1-9(14)10-2-4-17(6-10)7-12-15-13(16-18-12)11-3-5-19-8-11;/h3,5,8-10H,2,4,6-7,14H2,1H3;1H. The molecule has 2 aromatic rings. The average molecular weight is 315 g/mol. The Kier molecular flexibility index (Phi) is 5.15. The summed E-state index contributed by atoms with van der Waals surface area (Å²) in [6.07, 6.45) is 1.16. The second-order valence-corrected chi connectivity index (χ2v) is 5.95. The van der Waals surface area contributed by atoms with Crippen molar-refractivity contribution >= 4 is 23.7 Å². The molecule has 2 aromatic heterocycles. The van der Waals surface area contributed by atoms with E-state index in [-0.39, 0.29) is 18.4 Å². The minimum absolute atomic E-state index is 0. The first-order valence-corrected chi connectivity index (χ1v) is 7.50. The molecule has 0 saturated carbocycles. The molecule has 3 rings (SSSR count). The van der Waals surface area contributed by atoms with Gasteiger partial charge in [0.15, 0.2) is 0 Å². The van der Waals surface area contributed by atoms with Gasteiger partial charge in [0.2, 0.25) is 11.7 Å². The highest BCUT2D eigenvalue weighted by molar-refractivity contribution is 7.08. The fourth-order valence-corrected chi connectivity index (χ4v) is 3.09. The van der Waals surface area contributed by atoms with E-state index in [1.165, 1.54) is 0 Å². The van der Waals surface area contributed by atoms with E-state index < -0.39 is 0 Å². The van der Waals surface area contributed by atoms with Crippen molar-refractivity contribution in [1.29, 1.82) is 0 Å². The Balaban J connectivity index is 0.00000147. The lowest BCUT2D eigenvalue weighted by molar-refractivity contribution is 0.257. The summed E-state index contributed by atoms with van der Waals surface area (Å²) in [4.78, 5) is 6.77. The first-order valence-electron chi connectivity index (χ1n) is 6.55. The molecule has 1 fully saturated rings. The molecule has 1 aliphatic rings. The van der Waals surface area contributed by atoms with E-state index in [0.29, 0.717) is 17.6 Å². The van der Waals surface area contributed by atoms with Crippen molar-refractivity contribution in [1.82, 2.24) is 15.0 Å². The molecule has 110 valence electrons. The highest BCUT2D eigenvalue weighted by Gasteiger charge is 2.26. The molecule has 1 aliphatic heterocycles. The lowest BCUT2D eigenvalue weighted by atomic mass is 10.0. The van der Waals surface area contributed by atoms with Gasteiger partial charge in [-0.25, -0.2) is 0 Å². The third-order valence-corrected chi connectivity index (χ3v) is 4.34. The van der Waals surface area contributed by atoms with Gasteiger partial charge in [-0.15, -0.1) is 12.4 Å². The van der Waals surface area contributed by atoms with Crippen molar-refractivity contribution in [3.63, 3.8) is 0 Å². The highest BCUT2D eigenvalue weighted by atomic mass is 35.5. The summed E-state index contributed by atoms with van der Waals surface area (Å²) >= 11 is 1.63. The van der Waals surface area contributed by atoms with Crippen molar-refractivity contribution in [2.45, 2.75) is 25.9 Å². The van der Waals surface area contributed by atoms with Crippen molar-refractivity contribution in [2.75, 3.05) is 13.1 Å².